The fraction of sp³-hybridized carbons (Fsp3) is 0.375. The maximum absolute atomic E-state index is 5.78. The van der Waals surface area contributed by atoms with E-state index in [1.807, 2.05) is 6.07 Å². The first-order valence-electron chi connectivity index (χ1n) is 3.88. The van der Waals surface area contributed by atoms with E-state index in [0.717, 1.165) is 24.5 Å². The number of halogens is 1. The molecule has 0 bridgehead atoms. The number of nitrogens with one attached hydrogen (secondary N) is 1. The zero-order chi connectivity index (χ0) is 8.55. The lowest BCUT2D eigenvalue weighted by Gasteiger charge is -2.28. The first-order valence-corrected chi connectivity index (χ1v) is 4.26. The summed E-state index contributed by atoms with van der Waals surface area (Å²) in [4.78, 5) is 6.17. The lowest BCUT2D eigenvalue weighted by molar-refractivity contribution is 0.883. The Morgan fingerprint density at radius 3 is 3.33 bits per heavy atom. The molecule has 4 heteroatoms. The van der Waals surface area contributed by atoms with Gasteiger partial charge in [-0.3, -0.25) is 0 Å². The van der Waals surface area contributed by atoms with Crippen LogP contribution in [0.5, 0.6) is 0 Å². The van der Waals surface area contributed by atoms with Crippen LogP contribution in [0.1, 0.15) is 0 Å². The molecule has 3 nitrogen and oxygen atoms in total. The van der Waals surface area contributed by atoms with Crippen LogP contribution < -0.4 is 10.2 Å². The molecule has 0 amide bonds. The van der Waals surface area contributed by atoms with Crippen LogP contribution in [-0.2, 0) is 0 Å². The maximum Gasteiger partial charge on any atom is 0.131 e. The van der Waals surface area contributed by atoms with E-state index < -0.39 is 0 Å². The molecule has 64 valence electrons. The summed E-state index contributed by atoms with van der Waals surface area (Å²) >= 11 is 5.78. The smallest absolute Gasteiger partial charge is 0.131 e. The summed E-state index contributed by atoms with van der Waals surface area (Å²) in [6.07, 6.45) is 1.77. The van der Waals surface area contributed by atoms with Crippen molar-refractivity contribution in [3.8, 4) is 0 Å². The number of likely N-dealkylation sites (N-methyl/N-ethyl adjacent to an activating group) is 1. The molecule has 0 aliphatic carbocycles. The number of anilines is 2. The van der Waals surface area contributed by atoms with Crippen molar-refractivity contribution in [2.24, 2.45) is 0 Å². The number of rotatable bonds is 0. The molecule has 2 heterocycles. The van der Waals surface area contributed by atoms with Gasteiger partial charge in [0, 0.05) is 26.2 Å². The van der Waals surface area contributed by atoms with Gasteiger partial charge in [-0.05, 0) is 0 Å². The van der Waals surface area contributed by atoms with Crippen molar-refractivity contribution in [3.05, 3.63) is 17.4 Å². The van der Waals surface area contributed by atoms with Gasteiger partial charge in [0.15, 0.2) is 0 Å². The molecular weight excluding hydrogens is 174 g/mol. The van der Waals surface area contributed by atoms with Crippen molar-refractivity contribution in [1.82, 2.24) is 4.98 Å². The number of nitrogens with zero attached hydrogens (tertiary/aromatic N) is 2. The number of fused-ring (bicyclic) bond motifs is 1. The topological polar surface area (TPSA) is 28.2 Å². The summed E-state index contributed by atoms with van der Waals surface area (Å²) in [6, 6.07) is 1.88. The van der Waals surface area contributed by atoms with E-state index in [1.54, 1.807) is 6.20 Å². The average Bonchev–Trinajstić information content (AvgIpc) is 2.07. The maximum atomic E-state index is 5.78. The van der Waals surface area contributed by atoms with E-state index in [2.05, 4.69) is 22.2 Å². The Hall–Kier alpha value is -0.960. The fourth-order valence-electron chi connectivity index (χ4n) is 1.35. The molecule has 1 aromatic rings. The highest BCUT2D eigenvalue weighted by atomic mass is 35.5. The van der Waals surface area contributed by atoms with E-state index in [9.17, 15) is 0 Å². The monoisotopic (exact) mass is 183 g/mol. The Labute approximate surface area is 76.4 Å². The highest BCUT2D eigenvalue weighted by Crippen LogP contribution is 2.28. The molecule has 0 unspecified atom stereocenters. The Kier molecular flexibility index (Phi) is 1.81. The van der Waals surface area contributed by atoms with Gasteiger partial charge in [-0.15, -0.1) is 0 Å². The molecule has 1 aliphatic rings. The molecule has 1 aliphatic heterocycles. The Morgan fingerprint density at radius 1 is 1.67 bits per heavy atom. The minimum Gasteiger partial charge on any atom is -0.380 e. The zero-order valence-electron chi connectivity index (χ0n) is 6.84. The molecule has 12 heavy (non-hydrogen) atoms. The van der Waals surface area contributed by atoms with Gasteiger partial charge in [-0.1, -0.05) is 11.6 Å². The van der Waals surface area contributed by atoms with Gasteiger partial charge in [-0.25, -0.2) is 4.98 Å². The Morgan fingerprint density at radius 2 is 2.50 bits per heavy atom. The van der Waals surface area contributed by atoms with E-state index in [0.29, 0.717) is 5.15 Å². The van der Waals surface area contributed by atoms with E-state index in [-0.39, 0.29) is 0 Å². The highest BCUT2D eigenvalue weighted by molar-refractivity contribution is 6.29. The summed E-state index contributed by atoms with van der Waals surface area (Å²) in [5.41, 5.74) is 2.19. The molecule has 0 atom stereocenters. The van der Waals surface area contributed by atoms with Crippen molar-refractivity contribution >= 4 is 23.0 Å². The zero-order valence-corrected chi connectivity index (χ0v) is 7.60. The van der Waals surface area contributed by atoms with Crippen LogP contribution in [0, 0.1) is 0 Å². The molecule has 0 spiro atoms. The molecule has 0 radical (unpaired) electrons. The van der Waals surface area contributed by atoms with Gasteiger partial charge in [0.05, 0.1) is 17.6 Å². The molecule has 1 aromatic heterocycles. The number of pyridine rings is 1. The first-order chi connectivity index (χ1) is 5.77. The van der Waals surface area contributed by atoms with Crippen molar-refractivity contribution in [1.29, 1.82) is 0 Å². The molecule has 2 rings (SSSR count). The van der Waals surface area contributed by atoms with Crippen molar-refractivity contribution < 1.29 is 0 Å². The number of hydrogen-bond donors (Lipinski definition) is 1. The van der Waals surface area contributed by atoms with Crippen LogP contribution in [0.3, 0.4) is 0 Å². The number of aromatic nitrogens is 1. The summed E-state index contributed by atoms with van der Waals surface area (Å²) < 4.78 is 0. The van der Waals surface area contributed by atoms with Crippen molar-refractivity contribution in [2.75, 3.05) is 30.4 Å². The second kappa shape index (κ2) is 2.83. The molecule has 1 N–H and O–H groups in total. The molecule has 0 fully saturated rings. The van der Waals surface area contributed by atoms with Crippen LogP contribution in [0.15, 0.2) is 12.3 Å². The van der Waals surface area contributed by atoms with E-state index in [4.69, 9.17) is 11.6 Å². The van der Waals surface area contributed by atoms with Gasteiger partial charge < -0.3 is 10.2 Å². The minimum absolute atomic E-state index is 0.546. The van der Waals surface area contributed by atoms with Gasteiger partial charge in [0.2, 0.25) is 0 Å². The predicted octanol–water partition coefficient (Wildman–Crippen LogP) is 1.60. The van der Waals surface area contributed by atoms with Gasteiger partial charge in [0.1, 0.15) is 5.15 Å². The third-order valence-corrected chi connectivity index (χ3v) is 2.23. The summed E-state index contributed by atoms with van der Waals surface area (Å²) in [6.45, 7) is 1.97. The van der Waals surface area contributed by atoms with E-state index in [1.165, 1.54) is 0 Å². The largest absolute Gasteiger partial charge is 0.380 e. The second-order valence-electron chi connectivity index (χ2n) is 2.87. The van der Waals surface area contributed by atoms with Gasteiger partial charge >= 0.3 is 0 Å². The second-order valence-corrected chi connectivity index (χ2v) is 3.26. The molecular formula is C8H10ClN3. The molecule has 0 saturated carbocycles. The summed E-state index contributed by atoms with van der Waals surface area (Å²) in [5, 5.41) is 3.80. The molecule has 0 aromatic carbocycles. The predicted molar refractivity (Wildman–Crippen MR) is 51.0 cm³/mol. The van der Waals surface area contributed by atoms with Crippen LogP contribution in [0.4, 0.5) is 11.4 Å². The van der Waals surface area contributed by atoms with Gasteiger partial charge in [0.25, 0.3) is 0 Å². The van der Waals surface area contributed by atoms with Crippen LogP contribution in [-0.4, -0.2) is 25.1 Å². The average molecular weight is 184 g/mol. The molecule has 0 saturated heterocycles. The van der Waals surface area contributed by atoms with Crippen molar-refractivity contribution in [2.45, 2.75) is 0 Å². The van der Waals surface area contributed by atoms with Crippen LogP contribution >= 0.6 is 11.6 Å². The van der Waals surface area contributed by atoms with Crippen LogP contribution in [0.25, 0.3) is 0 Å². The number of hydrogen-bond acceptors (Lipinski definition) is 3. The van der Waals surface area contributed by atoms with Crippen LogP contribution in [0.2, 0.25) is 5.15 Å². The Bertz CT molecular complexity index is 300. The standard InChI is InChI=1S/C8H10ClN3/c1-12-3-2-10-6-5-11-8(9)4-7(6)12/h4-5,10H,2-3H2,1H3. The third kappa shape index (κ3) is 1.20. The summed E-state index contributed by atoms with van der Waals surface area (Å²) in [7, 11) is 2.05. The van der Waals surface area contributed by atoms with E-state index >= 15 is 0 Å². The summed E-state index contributed by atoms with van der Waals surface area (Å²) in [5.74, 6) is 0. The first kappa shape index (κ1) is 7.68. The fourth-order valence-corrected chi connectivity index (χ4v) is 1.50. The minimum atomic E-state index is 0.546. The lowest BCUT2D eigenvalue weighted by atomic mass is 10.2. The van der Waals surface area contributed by atoms with Crippen molar-refractivity contribution in [3.63, 3.8) is 0 Å². The quantitative estimate of drug-likeness (QED) is 0.620. The van der Waals surface area contributed by atoms with Gasteiger partial charge in [-0.2, -0.15) is 0 Å². The third-order valence-electron chi connectivity index (χ3n) is 2.02. The SMILES string of the molecule is CN1CCNc2cnc(Cl)cc21. The highest BCUT2D eigenvalue weighted by Gasteiger charge is 2.12. The lowest BCUT2D eigenvalue weighted by Crippen LogP contribution is -2.30. The Balaban J connectivity index is 2.47. The normalized spacial score (nSPS) is 15.3.